The van der Waals surface area contributed by atoms with E-state index in [1.807, 2.05) is 32.2 Å². The van der Waals surface area contributed by atoms with Crippen LogP contribution in [-0.2, 0) is 9.53 Å². The molecule has 1 aromatic carbocycles. The fraction of sp³-hybridized carbons (Fsp3) is 0.409. The Morgan fingerprint density at radius 3 is 2.30 bits per heavy atom. The SMILES string of the molecule is CC(C)(C)OC(=O)N1CCC(C(=O)Oc2ccc(NC(=O)c3cccs3)cc2)CC1. The van der Waals surface area contributed by atoms with Gasteiger partial charge in [0, 0.05) is 18.8 Å². The summed E-state index contributed by atoms with van der Waals surface area (Å²) < 4.78 is 10.9. The number of carbonyl (C=O) groups excluding carboxylic acids is 3. The lowest BCUT2D eigenvalue weighted by atomic mass is 9.97. The molecule has 1 aliphatic rings. The van der Waals surface area contributed by atoms with Gasteiger partial charge in [0.15, 0.2) is 0 Å². The van der Waals surface area contributed by atoms with E-state index >= 15 is 0 Å². The number of nitrogens with zero attached hydrogens (tertiary/aromatic N) is 1. The van der Waals surface area contributed by atoms with Crippen LogP contribution in [0.3, 0.4) is 0 Å². The molecule has 1 fully saturated rings. The van der Waals surface area contributed by atoms with E-state index in [2.05, 4.69) is 5.32 Å². The van der Waals surface area contributed by atoms with Gasteiger partial charge in [-0.1, -0.05) is 6.07 Å². The molecule has 1 N–H and O–H groups in total. The van der Waals surface area contributed by atoms with Gasteiger partial charge in [0.2, 0.25) is 0 Å². The number of ether oxygens (including phenoxy) is 2. The first kappa shape index (κ1) is 21.8. The summed E-state index contributed by atoms with van der Waals surface area (Å²) in [6, 6.07) is 10.3. The molecule has 2 aromatic rings. The van der Waals surface area contributed by atoms with Crippen molar-refractivity contribution in [2.45, 2.75) is 39.2 Å². The second kappa shape index (κ2) is 9.30. The zero-order valence-electron chi connectivity index (χ0n) is 17.3. The normalized spacial score (nSPS) is 14.8. The van der Waals surface area contributed by atoms with Crippen LogP contribution >= 0.6 is 11.3 Å². The molecular formula is C22H26N2O5S. The smallest absolute Gasteiger partial charge is 0.410 e. The standard InChI is InChI=1S/C22H26N2O5S/c1-22(2,3)29-21(27)24-12-10-15(11-13-24)20(26)28-17-8-6-16(7-9-17)23-19(25)18-5-4-14-30-18/h4-9,14-15H,10-13H2,1-3H3,(H,23,25). The van der Waals surface area contributed by atoms with Gasteiger partial charge in [0.25, 0.3) is 5.91 Å². The van der Waals surface area contributed by atoms with Gasteiger partial charge in [-0.2, -0.15) is 0 Å². The van der Waals surface area contributed by atoms with E-state index in [-0.39, 0.29) is 23.9 Å². The number of amides is 2. The summed E-state index contributed by atoms with van der Waals surface area (Å²) in [5.41, 5.74) is 0.0845. The highest BCUT2D eigenvalue weighted by atomic mass is 32.1. The Balaban J connectivity index is 1.47. The predicted octanol–water partition coefficient (Wildman–Crippen LogP) is 4.55. The molecule has 1 aromatic heterocycles. The van der Waals surface area contributed by atoms with Crippen LogP contribution in [0.15, 0.2) is 41.8 Å². The zero-order valence-corrected chi connectivity index (χ0v) is 18.2. The van der Waals surface area contributed by atoms with Crippen molar-refractivity contribution in [3.63, 3.8) is 0 Å². The van der Waals surface area contributed by atoms with E-state index in [0.717, 1.165) is 0 Å². The molecule has 2 amide bonds. The molecule has 0 aliphatic carbocycles. The van der Waals surface area contributed by atoms with Gasteiger partial charge in [0.05, 0.1) is 10.8 Å². The van der Waals surface area contributed by atoms with Gasteiger partial charge >= 0.3 is 12.1 Å². The summed E-state index contributed by atoms with van der Waals surface area (Å²) in [5, 5.41) is 4.64. The first-order chi connectivity index (χ1) is 14.2. The van der Waals surface area contributed by atoms with Crippen molar-refractivity contribution in [2.75, 3.05) is 18.4 Å². The van der Waals surface area contributed by atoms with Crippen molar-refractivity contribution in [1.29, 1.82) is 0 Å². The second-order valence-corrected chi connectivity index (χ2v) is 9.07. The number of esters is 1. The summed E-state index contributed by atoms with van der Waals surface area (Å²) in [6.07, 6.45) is 0.717. The van der Waals surface area contributed by atoms with E-state index in [4.69, 9.17) is 9.47 Å². The maximum Gasteiger partial charge on any atom is 0.410 e. The number of hydrogen-bond donors (Lipinski definition) is 1. The highest BCUT2D eigenvalue weighted by Crippen LogP contribution is 2.23. The van der Waals surface area contributed by atoms with Crippen molar-refractivity contribution in [1.82, 2.24) is 4.90 Å². The molecule has 0 saturated carbocycles. The largest absolute Gasteiger partial charge is 0.444 e. The van der Waals surface area contributed by atoms with Crippen molar-refractivity contribution < 1.29 is 23.9 Å². The average Bonchev–Trinajstić information content (AvgIpc) is 3.23. The number of thiophene rings is 1. The molecule has 0 bridgehead atoms. The third-order valence-corrected chi connectivity index (χ3v) is 5.42. The lowest BCUT2D eigenvalue weighted by Crippen LogP contribution is -2.43. The van der Waals surface area contributed by atoms with Gasteiger partial charge < -0.3 is 19.7 Å². The number of likely N-dealkylation sites (tertiary alicyclic amines) is 1. The third kappa shape index (κ3) is 6.06. The highest BCUT2D eigenvalue weighted by molar-refractivity contribution is 7.12. The van der Waals surface area contributed by atoms with Crippen molar-refractivity contribution in [2.24, 2.45) is 5.92 Å². The first-order valence-corrected chi connectivity index (χ1v) is 10.7. The highest BCUT2D eigenvalue weighted by Gasteiger charge is 2.30. The lowest BCUT2D eigenvalue weighted by Gasteiger charge is -2.32. The minimum atomic E-state index is -0.539. The van der Waals surface area contributed by atoms with Crippen molar-refractivity contribution in [3.8, 4) is 5.75 Å². The van der Waals surface area contributed by atoms with Gasteiger partial charge in [-0.15, -0.1) is 11.3 Å². The molecule has 160 valence electrons. The van der Waals surface area contributed by atoms with E-state index in [1.54, 1.807) is 35.2 Å². The summed E-state index contributed by atoms with van der Waals surface area (Å²) in [5.74, 6) is -0.328. The molecule has 0 radical (unpaired) electrons. The fourth-order valence-electron chi connectivity index (χ4n) is 3.03. The van der Waals surface area contributed by atoms with Crippen LogP contribution < -0.4 is 10.1 Å². The summed E-state index contributed by atoms with van der Waals surface area (Å²) >= 11 is 1.37. The molecule has 3 rings (SSSR count). The first-order valence-electron chi connectivity index (χ1n) is 9.86. The number of rotatable bonds is 4. The fourth-order valence-corrected chi connectivity index (χ4v) is 3.65. The van der Waals surface area contributed by atoms with Gasteiger partial charge in [0.1, 0.15) is 11.4 Å². The Morgan fingerprint density at radius 1 is 1.07 bits per heavy atom. The molecule has 7 nitrogen and oxygen atoms in total. The van der Waals surface area contributed by atoms with Crippen LogP contribution in [-0.4, -0.2) is 41.6 Å². The summed E-state index contributed by atoms with van der Waals surface area (Å²) in [4.78, 5) is 38.9. The maximum absolute atomic E-state index is 12.5. The monoisotopic (exact) mass is 430 g/mol. The van der Waals surface area contributed by atoms with Gasteiger partial charge in [-0.25, -0.2) is 4.79 Å². The van der Waals surface area contributed by atoms with Crippen LogP contribution in [0.4, 0.5) is 10.5 Å². The average molecular weight is 431 g/mol. The van der Waals surface area contributed by atoms with E-state index in [9.17, 15) is 14.4 Å². The summed E-state index contributed by atoms with van der Waals surface area (Å²) in [7, 11) is 0. The number of hydrogen-bond acceptors (Lipinski definition) is 6. The topological polar surface area (TPSA) is 84.9 Å². The Bertz CT molecular complexity index is 879. The molecule has 1 aliphatic heterocycles. The molecular weight excluding hydrogens is 404 g/mol. The molecule has 0 atom stereocenters. The van der Waals surface area contributed by atoms with Crippen LogP contribution in [0.5, 0.6) is 5.75 Å². The van der Waals surface area contributed by atoms with E-state index in [0.29, 0.717) is 42.2 Å². The molecule has 1 saturated heterocycles. The molecule has 2 heterocycles. The minimum absolute atomic E-state index is 0.175. The number of carbonyl (C=O) groups is 3. The maximum atomic E-state index is 12.5. The molecule has 0 unspecified atom stereocenters. The second-order valence-electron chi connectivity index (χ2n) is 8.12. The Hall–Kier alpha value is -2.87. The molecule has 0 spiro atoms. The summed E-state index contributed by atoms with van der Waals surface area (Å²) in [6.45, 7) is 6.40. The van der Waals surface area contributed by atoms with Crippen LogP contribution in [0.1, 0.15) is 43.3 Å². The Kier molecular flexibility index (Phi) is 6.77. The van der Waals surface area contributed by atoms with Crippen LogP contribution in [0.25, 0.3) is 0 Å². The number of anilines is 1. The number of piperidine rings is 1. The number of nitrogens with one attached hydrogen (secondary N) is 1. The van der Waals surface area contributed by atoms with Crippen LogP contribution in [0.2, 0.25) is 0 Å². The van der Waals surface area contributed by atoms with Gasteiger partial charge in [-0.3, -0.25) is 9.59 Å². The Morgan fingerprint density at radius 2 is 1.73 bits per heavy atom. The zero-order chi connectivity index (χ0) is 21.7. The van der Waals surface area contributed by atoms with E-state index < -0.39 is 5.60 Å². The third-order valence-electron chi connectivity index (χ3n) is 4.56. The van der Waals surface area contributed by atoms with E-state index in [1.165, 1.54) is 11.3 Å². The molecule has 30 heavy (non-hydrogen) atoms. The van der Waals surface area contributed by atoms with Crippen molar-refractivity contribution in [3.05, 3.63) is 46.7 Å². The predicted molar refractivity (Wildman–Crippen MR) is 115 cm³/mol. The van der Waals surface area contributed by atoms with Crippen LogP contribution in [0, 0.1) is 5.92 Å². The Labute approximate surface area is 180 Å². The molecule has 8 heteroatoms. The van der Waals surface area contributed by atoms with Crippen molar-refractivity contribution >= 4 is 35.0 Å². The quantitative estimate of drug-likeness (QED) is 0.568. The lowest BCUT2D eigenvalue weighted by molar-refractivity contribution is -0.140. The minimum Gasteiger partial charge on any atom is -0.444 e. The van der Waals surface area contributed by atoms with Gasteiger partial charge in [-0.05, 0) is 69.3 Å². The number of benzene rings is 1.